The van der Waals surface area contributed by atoms with E-state index in [0.717, 1.165) is 110 Å². The molecule has 48 heavy (non-hydrogen) atoms. The minimum atomic E-state index is -0.801. The Morgan fingerprint density at radius 1 is 0.958 bits per heavy atom. The number of aromatic hydroxyl groups is 2. The van der Waals surface area contributed by atoms with E-state index in [1.165, 1.54) is 5.56 Å². The number of phenolic OH excluding ortho intramolecular Hbond substituents is 2. The maximum atomic E-state index is 11.7. The molecule has 0 amide bonds. The number of aliphatic hydroxyl groups excluding tert-OH is 2. The van der Waals surface area contributed by atoms with E-state index in [1.54, 1.807) is 13.2 Å². The zero-order valence-corrected chi connectivity index (χ0v) is 29.1. The summed E-state index contributed by atoms with van der Waals surface area (Å²) in [5, 5.41) is 42.9. The van der Waals surface area contributed by atoms with E-state index in [0.29, 0.717) is 35.5 Å². The molecule has 7 nitrogen and oxygen atoms in total. The summed E-state index contributed by atoms with van der Waals surface area (Å²) >= 11 is 0. The van der Waals surface area contributed by atoms with Gasteiger partial charge in [-0.3, -0.25) is 0 Å². The fourth-order valence-corrected chi connectivity index (χ4v) is 8.37. The average molecular weight is 659 g/mol. The molecule has 1 fully saturated rings. The number of aliphatic hydroxyl groups is 2. The molecule has 260 valence electrons. The highest BCUT2D eigenvalue weighted by Gasteiger charge is 2.38. The highest BCUT2D eigenvalue weighted by Crippen LogP contribution is 2.54. The topological polar surface area (TPSA) is 109 Å². The molecule has 0 saturated heterocycles. The zero-order valence-electron chi connectivity index (χ0n) is 29.1. The smallest absolute Gasteiger partial charge is 0.161 e. The summed E-state index contributed by atoms with van der Waals surface area (Å²) in [6.07, 6.45) is 9.73. The second kappa shape index (κ2) is 15.0. The highest BCUT2D eigenvalue weighted by atomic mass is 16.5. The Labute approximate surface area is 285 Å². The molecule has 3 aliphatic rings. The molecule has 4 N–H and O–H groups in total. The Morgan fingerprint density at radius 3 is 2.46 bits per heavy atom. The van der Waals surface area contributed by atoms with Gasteiger partial charge in [0.25, 0.3) is 0 Å². The Bertz CT molecular complexity index is 1570. The number of hydrogen-bond acceptors (Lipinski definition) is 7. The predicted octanol–water partition coefficient (Wildman–Crippen LogP) is 8.55. The molecule has 4 atom stereocenters. The molecule has 0 unspecified atom stereocenters. The fourth-order valence-electron chi connectivity index (χ4n) is 8.37. The number of rotatable bonds is 13. The van der Waals surface area contributed by atoms with Gasteiger partial charge in [0.15, 0.2) is 11.5 Å². The summed E-state index contributed by atoms with van der Waals surface area (Å²) in [5.74, 6) is 3.40. The second-order valence-electron chi connectivity index (χ2n) is 14.8. The molecule has 6 rings (SSSR count). The van der Waals surface area contributed by atoms with Gasteiger partial charge in [-0.1, -0.05) is 33.3 Å². The van der Waals surface area contributed by atoms with Gasteiger partial charge in [0.2, 0.25) is 0 Å². The van der Waals surface area contributed by atoms with Crippen molar-refractivity contribution in [2.24, 2.45) is 11.8 Å². The lowest BCUT2D eigenvalue weighted by atomic mass is 9.71. The van der Waals surface area contributed by atoms with Crippen LogP contribution in [0.2, 0.25) is 0 Å². The zero-order chi connectivity index (χ0) is 33.9. The lowest BCUT2D eigenvalue weighted by Crippen LogP contribution is -2.32. The summed E-state index contributed by atoms with van der Waals surface area (Å²) in [5.41, 5.74) is 7.15. The summed E-state index contributed by atoms with van der Waals surface area (Å²) < 4.78 is 19.0. The monoisotopic (exact) mass is 658 g/mol. The Balaban J connectivity index is 1.41. The third-order valence-electron chi connectivity index (χ3n) is 10.9. The number of methoxy groups -OCH3 is 1. The fraction of sp³-hybridized carbons (Fsp3) is 0.561. The van der Waals surface area contributed by atoms with E-state index < -0.39 is 12.2 Å². The van der Waals surface area contributed by atoms with E-state index in [2.05, 4.69) is 26.8 Å². The minimum Gasteiger partial charge on any atom is -0.508 e. The van der Waals surface area contributed by atoms with Gasteiger partial charge >= 0.3 is 0 Å². The Kier molecular flexibility index (Phi) is 10.8. The van der Waals surface area contributed by atoms with Gasteiger partial charge in [-0.25, -0.2) is 0 Å². The van der Waals surface area contributed by atoms with E-state index >= 15 is 0 Å². The average Bonchev–Trinajstić information content (AvgIpc) is 3.58. The van der Waals surface area contributed by atoms with Crippen LogP contribution in [0.4, 0.5) is 0 Å². The molecule has 3 aromatic rings. The van der Waals surface area contributed by atoms with Crippen molar-refractivity contribution >= 4 is 0 Å². The standard InChI is InChI=1S/C41H54O7/c1-5-25(9-8-16-42)12-13-26-18-28-20-34(44)29(17-24(2)3)19-31(28)40-38(46-4)23-36-32(39(26)40)22-35(45)41(48-36)27-14-15-33(43)37(21-27)47-30-10-6-7-11-30/h14-15,19-21,23-26,30,35,41-45H,5-13,16-18,22H2,1-4H3/t25-,26-,35-,41+/m1/s1. The molecule has 1 saturated carbocycles. The maximum absolute atomic E-state index is 11.7. The molecule has 0 radical (unpaired) electrons. The lowest BCUT2D eigenvalue weighted by molar-refractivity contribution is 0.0200. The van der Waals surface area contributed by atoms with E-state index in [4.69, 9.17) is 14.2 Å². The van der Waals surface area contributed by atoms with Gasteiger partial charge in [0.1, 0.15) is 23.4 Å². The molecular formula is C41H54O7. The van der Waals surface area contributed by atoms with Crippen LogP contribution in [-0.4, -0.2) is 46.4 Å². The normalized spacial score (nSPS) is 20.9. The molecule has 0 aromatic heterocycles. The molecule has 3 aromatic carbocycles. The molecule has 1 heterocycles. The van der Waals surface area contributed by atoms with Crippen molar-refractivity contribution in [2.45, 2.75) is 122 Å². The summed E-state index contributed by atoms with van der Waals surface area (Å²) in [6, 6.07) is 11.3. The third-order valence-corrected chi connectivity index (χ3v) is 10.9. The number of fused-ring (bicyclic) bond motifs is 5. The molecule has 0 bridgehead atoms. The van der Waals surface area contributed by atoms with Gasteiger partial charge in [0.05, 0.1) is 19.3 Å². The largest absolute Gasteiger partial charge is 0.508 e. The van der Waals surface area contributed by atoms with Crippen molar-refractivity contribution in [2.75, 3.05) is 13.7 Å². The molecule has 1 aliphatic heterocycles. The van der Waals surface area contributed by atoms with Gasteiger partial charge in [-0.2, -0.15) is 0 Å². The first kappa shape index (κ1) is 34.4. The van der Waals surface area contributed by atoms with Gasteiger partial charge in [-0.15, -0.1) is 0 Å². The minimum absolute atomic E-state index is 0.0959. The van der Waals surface area contributed by atoms with E-state index in [1.807, 2.05) is 24.3 Å². The second-order valence-corrected chi connectivity index (χ2v) is 14.8. The van der Waals surface area contributed by atoms with E-state index in [9.17, 15) is 20.4 Å². The molecule has 0 spiro atoms. The maximum Gasteiger partial charge on any atom is 0.161 e. The van der Waals surface area contributed by atoms with Gasteiger partial charge in [0, 0.05) is 30.2 Å². The highest BCUT2D eigenvalue weighted by molar-refractivity contribution is 5.83. The first-order chi connectivity index (χ1) is 23.2. The Morgan fingerprint density at radius 2 is 1.75 bits per heavy atom. The SMILES string of the molecule is CC[C@H](CCCO)CC[C@@H]1Cc2cc(O)c(CC(C)C)cc2-c2c(OC)cc3c(c21)C[C@@H](O)[C@H](c1ccc(O)c(OC2CCCC2)c1)O3. The van der Waals surface area contributed by atoms with Gasteiger partial charge in [-0.05, 0) is 134 Å². The van der Waals surface area contributed by atoms with Crippen molar-refractivity contribution in [3.05, 3.63) is 64.2 Å². The number of benzene rings is 3. The first-order valence-electron chi connectivity index (χ1n) is 18.2. The predicted molar refractivity (Wildman–Crippen MR) is 188 cm³/mol. The molecule has 7 heteroatoms. The van der Waals surface area contributed by atoms with E-state index in [-0.39, 0.29) is 24.4 Å². The third kappa shape index (κ3) is 7.13. The van der Waals surface area contributed by atoms with Crippen LogP contribution in [0.5, 0.6) is 28.7 Å². The molecule has 2 aliphatic carbocycles. The van der Waals surface area contributed by atoms with Crippen LogP contribution in [0.3, 0.4) is 0 Å². The number of phenols is 2. The van der Waals surface area contributed by atoms with Crippen LogP contribution in [0.1, 0.15) is 118 Å². The van der Waals surface area contributed by atoms with Crippen LogP contribution < -0.4 is 14.2 Å². The quantitative estimate of drug-likeness (QED) is 0.146. The van der Waals surface area contributed by atoms with Gasteiger partial charge < -0.3 is 34.6 Å². The van der Waals surface area contributed by atoms with Crippen molar-refractivity contribution < 1.29 is 34.6 Å². The van der Waals surface area contributed by atoms with Crippen molar-refractivity contribution in [3.8, 4) is 39.9 Å². The van der Waals surface area contributed by atoms with Crippen LogP contribution in [0, 0.1) is 11.8 Å². The summed E-state index contributed by atoms with van der Waals surface area (Å²) in [4.78, 5) is 0. The van der Waals surface area contributed by atoms with Crippen LogP contribution in [-0.2, 0) is 19.3 Å². The first-order valence-corrected chi connectivity index (χ1v) is 18.2. The molecular weight excluding hydrogens is 604 g/mol. The summed E-state index contributed by atoms with van der Waals surface area (Å²) in [6.45, 7) is 6.76. The summed E-state index contributed by atoms with van der Waals surface area (Å²) in [7, 11) is 1.70. The van der Waals surface area contributed by atoms with Crippen LogP contribution in [0.15, 0.2) is 36.4 Å². The number of hydrogen-bond donors (Lipinski definition) is 4. The van der Waals surface area contributed by atoms with Crippen molar-refractivity contribution in [1.29, 1.82) is 0 Å². The number of ether oxygens (including phenoxy) is 3. The van der Waals surface area contributed by atoms with Crippen LogP contribution in [0.25, 0.3) is 11.1 Å². The Hall–Kier alpha value is -3.42. The van der Waals surface area contributed by atoms with Crippen molar-refractivity contribution in [1.82, 2.24) is 0 Å². The van der Waals surface area contributed by atoms with Crippen molar-refractivity contribution in [3.63, 3.8) is 0 Å². The lowest BCUT2D eigenvalue weighted by Gasteiger charge is -2.38. The van der Waals surface area contributed by atoms with Crippen LogP contribution >= 0.6 is 0 Å².